The lowest BCUT2D eigenvalue weighted by Gasteiger charge is -2.48. The first-order valence-corrected chi connectivity index (χ1v) is 8.82. The Morgan fingerprint density at radius 3 is 2.46 bits per heavy atom. The Kier molecular flexibility index (Phi) is 4.84. The molecule has 0 radical (unpaired) electrons. The van der Waals surface area contributed by atoms with Gasteiger partial charge in [-0.1, -0.05) is 0 Å². The third kappa shape index (κ3) is 3.49. The molecule has 0 saturated carbocycles. The molecule has 1 spiro atoms. The van der Waals surface area contributed by atoms with E-state index >= 15 is 0 Å². The van der Waals surface area contributed by atoms with E-state index in [4.69, 9.17) is 0 Å². The van der Waals surface area contributed by atoms with Crippen molar-refractivity contribution in [2.75, 3.05) is 19.6 Å². The van der Waals surface area contributed by atoms with Crippen molar-refractivity contribution < 1.29 is 19.5 Å². The van der Waals surface area contributed by atoms with Crippen molar-refractivity contribution in [1.29, 1.82) is 0 Å². The predicted octanol–water partition coefficient (Wildman–Crippen LogP) is 0.693. The number of carboxylic acids is 1. The van der Waals surface area contributed by atoms with Crippen LogP contribution in [0.5, 0.6) is 0 Å². The predicted molar refractivity (Wildman–Crippen MR) is 92.7 cm³/mol. The largest absolute Gasteiger partial charge is 0.480 e. The molecule has 140 valence electrons. The summed E-state index contributed by atoms with van der Waals surface area (Å²) < 4.78 is 0. The molecule has 2 saturated heterocycles. The maximum absolute atomic E-state index is 12.6. The Hall–Kier alpha value is -2.64. The van der Waals surface area contributed by atoms with E-state index in [1.165, 1.54) is 30.2 Å². The number of H-pyrrole nitrogens is 1. The Labute approximate surface area is 150 Å². The van der Waals surface area contributed by atoms with Crippen LogP contribution < -0.4 is 5.56 Å². The van der Waals surface area contributed by atoms with E-state index in [0.717, 1.165) is 19.3 Å². The van der Waals surface area contributed by atoms with Gasteiger partial charge in [0.15, 0.2) is 0 Å². The molecule has 1 aromatic heterocycles. The topological polar surface area (TPSA) is 111 Å². The lowest BCUT2D eigenvalue weighted by atomic mass is 9.72. The van der Waals surface area contributed by atoms with Gasteiger partial charge in [-0.3, -0.25) is 14.4 Å². The fourth-order valence-electron chi connectivity index (χ4n) is 3.85. The summed E-state index contributed by atoms with van der Waals surface area (Å²) in [7, 11) is 0. The molecule has 0 aliphatic carbocycles. The minimum Gasteiger partial charge on any atom is -0.480 e. The summed E-state index contributed by atoms with van der Waals surface area (Å²) in [5.74, 6) is -1.24. The number of rotatable bonds is 3. The molecule has 2 fully saturated rings. The molecule has 2 amide bonds. The third-order valence-electron chi connectivity index (χ3n) is 5.66. The van der Waals surface area contributed by atoms with E-state index in [2.05, 4.69) is 4.98 Å². The molecule has 8 heteroatoms. The third-order valence-corrected chi connectivity index (χ3v) is 5.66. The zero-order chi connectivity index (χ0) is 18.9. The van der Waals surface area contributed by atoms with Gasteiger partial charge in [-0.15, -0.1) is 0 Å². The number of aromatic nitrogens is 1. The highest BCUT2D eigenvalue weighted by atomic mass is 16.4. The van der Waals surface area contributed by atoms with Crippen LogP contribution in [0.2, 0.25) is 0 Å². The molecule has 2 aliphatic rings. The Morgan fingerprint density at radius 2 is 1.88 bits per heavy atom. The summed E-state index contributed by atoms with van der Waals surface area (Å²) in [4.78, 5) is 52.8. The average Bonchev–Trinajstić information content (AvgIpc) is 2.64. The van der Waals surface area contributed by atoms with E-state index in [1.807, 2.05) is 0 Å². The molecule has 26 heavy (non-hydrogen) atoms. The quantitative estimate of drug-likeness (QED) is 0.823. The van der Waals surface area contributed by atoms with Gasteiger partial charge in [0.1, 0.15) is 6.04 Å². The zero-order valence-corrected chi connectivity index (χ0v) is 14.7. The molecule has 1 aromatic rings. The van der Waals surface area contributed by atoms with Crippen LogP contribution in [-0.2, 0) is 9.59 Å². The number of carbonyl (C=O) groups excluding carboxylic acids is 2. The summed E-state index contributed by atoms with van der Waals surface area (Å²) in [5.41, 5.74) is 0.0681. The molecule has 0 bridgehead atoms. The number of aliphatic carboxylic acids is 1. The Morgan fingerprint density at radius 1 is 1.19 bits per heavy atom. The lowest BCUT2D eigenvalue weighted by molar-refractivity contribution is -0.154. The van der Waals surface area contributed by atoms with Gasteiger partial charge in [0.2, 0.25) is 11.5 Å². The molecule has 0 aromatic carbocycles. The van der Waals surface area contributed by atoms with Crippen molar-refractivity contribution in [3.63, 3.8) is 0 Å². The number of pyridine rings is 1. The number of aromatic amines is 1. The monoisotopic (exact) mass is 361 g/mol. The molecule has 3 heterocycles. The number of hydrogen-bond donors (Lipinski definition) is 2. The number of piperidine rings is 2. The van der Waals surface area contributed by atoms with Crippen LogP contribution in [0.25, 0.3) is 0 Å². The fourth-order valence-corrected chi connectivity index (χ4v) is 3.85. The van der Waals surface area contributed by atoms with Crippen LogP contribution in [0.3, 0.4) is 0 Å². The van der Waals surface area contributed by atoms with Crippen LogP contribution >= 0.6 is 0 Å². The number of carboxylic acid groups (broad SMARTS) is 1. The van der Waals surface area contributed by atoms with Crippen LogP contribution in [0.15, 0.2) is 23.1 Å². The van der Waals surface area contributed by atoms with Crippen molar-refractivity contribution in [1.82, 2.24) is 14.8 Å². The van der Waals surface area contributed by atoms with E-state index in [-0.39, 0.29) is 22.8 Å². The minimum absolute atomic E-state index is 0.114. The molecular weight excluding hydrogens is 338 g/mol. The Bertz CT molecular complexity index is 759. The van der Waals surface area contributed by atoms with Crippen molar-refractivity contribution >= 4 is 17.8 Å². The average molecular weight is 361 g/mol. The maximum Gasteiger partial charge on any atom is 0.326 e. The van der Waals surface area contributed by atoms with Gasteiger partial charge in [-0.25, -0.2) is 4.79 Å². The number of likely N-dealkylation sites (tertiary alicyclic amines) is 2. The number of hydrogen-bond acceptors (Lipinski definition) is 4. The van der Waals surface area contributed by atoms with Crippen LogP contribution in [0.1, 0.15) is 43.0 Å². The summed E-state index contributed by atoms with van der Waals surface area (Å²) in [6, 6.07) is 2.01. The molecule has 2 aliphatic heterocycles. The lowest BCUT2D eigenvalue weighted by Crippen LogP contribution is -2.55. The molecule has 1 atom stereocenters. The van der Waals surface area contributed by atoms with Gasteiger partial charge >= 0.3 is 5.97 Å². The summed E-state index contributed by atoms with van der Waals surface area (Å²) in [6.45, 7) is 3.08. The highest BCUT2D eigenvalue weighted by Gasteiger charge is 2.43. The first kappa shape index (κ1) is 18.2. The second-order valence-electron chi connectivity index (χ2n) is 7.27. The van der Waals surface area contributed by atoms with Crippen LogP contribution in [0.4, 0.5) is 0 Å². The van der Waals surface area contributed by atoms with Crippen molar-refractivity contribution in [3.8, 4) is 0 Å². The number of nitrogens with zero attached hydrogens (tertiary/aromatic N) is 2. The minimum atomic E-state index is -0.999. The Balaban J connectivity index is 1.66. The first-order valence-electron chi connectivity index (χ1n) is 8.82. The van der Waals surface area contributed by atoms with Gasteiger partial charge in [0.05, 0.1) is 5.56 Å². The molecule has 3 rings (SSSR count). The molecular formula is C18H23N3O5. The SMILES string of the molecule is C[C@@H](C(=O)O)N1CC2(CCC1=O)CCN(C(=O)c1ccc(=O)[nH]c1)CC2. The fraction of sp³-hybridized carbons (Fsp3) is 0.556. The van der Waals surface area contributed by atoms with Gasteiger partial charge in [0.25, 0.3) is 5.91 Å². The number of amides is 2. The van der Waals surface area contributed by atoms with E-state index in [0.29, 0.717) is 31.6 Å². The van der Waals surface area contributed by atoms with E-state index in [9.17, 15) is 24.3 Å². The number of nitrogens with one attached hydrogen (secondary N) is 1. The normalized spacial score (nSPS) is 20.9. The highest BCUT2D eigenvalue weighted by Crippen LogP contribution is 2.41. The summed E-state index contributed by atoms with van der Waals surface area (Å²) >= 11 is 0. The van der Waals surface area contributed by atoms with Gasteiger partial charge in [-0.2, -0.15) is 0 Å². The van der Waals surface area contributed by atoms with Gasteiger partial charge < -0.3 is 19.9 Å². The summed E-state index contributed by atoms with van der Waals surface area (Å²) in [5, 5.41) is 9.23. The van der Waals surface area contributed by atoms with Crippen LogP contribution in [0, 0.1) is 5.41 Å². The standard InChI is InChI=1S/C18H23N3O5/c1-12(17(25)26)21-11-18(5-4-15(21)23)6-8-20(9-7-18)16(24)13-2-3-14(22)19-10-13/h2-3,10,12H,4-9,11H2,1H3,(H,19,22)(H,25,26)/t12-/m0/s1. The van der Waals surface area contributed by atoms with Crippen molar-refractivity contribution in [2.45, 2.75) is 38.6 Å². The van der Waals surface area contributed by atoms with Gasteiger partial charge in [-0.05, 0) is 37.7 Å². The zero-order valence-electron chi connectivity index (χ0n) is 14.7. The van der Waals surface area contributed by atoms with Crippen molar-refractivity contribution in [3.05, 3.63) is 34.2 Å². The van der Waals surface area contributed by atoms with E-state index < -0.39 is 12.0 Å². The second kappa shape index (κ2) is 6.93. The maximum atomic E-state index is 12.6. The second-order valence-corrected chi connectivity index (χ2v) is 7.27. The first-order chi connectivity index (χ1) is 12.3. The highest BCUT2D eigenvalue weighted by molar-refractivity contribution is 5.94. The van der Waals surface area contributed by atoms with E-state index in [1.54, 1.807) is 4.90 Å². The van der Waals surface area contributed by atoms with Gasteiger partial charge in [0, 0.05) is 38.3 Å². The smallest absolute Gasteiger partial charge is 0.326 e. The van der Waals surface area contributed by atoms with Crippen LogP contribution in [-0.4, -0.2) is 63.4 Å². The molecule has 0 unspecified atom stereocenters. The number of carbonyl (C=O) groups is 3. The summed E-state index contributed by atoms with van der Waals surface area (Å²) in [6.07, 6.45) is 3.97. The molecule has 8 nitrogen and oxygen atoms in total. The van der Waals surface area contributed by atoms with Crippen molar-refractivity contribution in [2.24, 2.45) is 5.41 Å². The molecule has 2 N–H and O–H groups in total.